The number of fused-ring (bicyclic) bond motifs is 1. The highest BCUT2D eigenvalue weighted by molar-refractivity contribution is 7.80. The Labute approximate surface area is 127 Å². The van der Waals surface area contributed by atoms with Crippen LogP contribution in [0.5, 0.6) is 0 Å². The Morgan fingerprint density at radius 3 is 2.33 bits per heavy atom. The Morgan fingerprint density at radius 1 is 0.810 bits per heavy atom. The third kappa shape index (κ3) is 3.38. The molecule has 2 nitrogen and oxygen atoms in total. The van der Waals surface area contributed by atoms with E-state index in [1.165, 1.54) is 16.7 Å². The molecule has 0 N–H and O–H groups in total. The highest BCUT2D eigenvalue weighted by Crippen LogP contribution is 2.27. The summed E-state index contributed by atoms with van der Waals surface area (Å²) in [4.78, 5) is 0.705. The van der Waals surface area contributed by atoms with E-state index in [2.05, 4.69) is 24.3 Å². The van der Waals surface area contributed by atoms with Crippen LogP contribution >= 0.6 is 0 Å². The van der Waals surface area contributed by atoms with Crippen LogP contribution in [0.4, 0.5) is 0 Å². The van der Waals surface area contributed by atoms with Gasteiger partial charge in [-0.25, -0.2) is 4.21 Å². The molecule has 0 heterocycles. The van der Waals surface area contributed by atoms with E-state index in [9.17, 15) is 4.21 Å². The topological polar surface area (TPSA) is 26.3 Å². The highest BCUT2D eigenvalue weighted by atomic mass is 32.2. The summed E-state index contributed by atoms with van der Waals surface area (Å²) in [5.74, 6) is 0. The van der Waals surface area contributed by atoms with Gasteiger partial charge in [0.1, 0.15) is 0 Å². The summed E-state index contributed by atoms with van der Waals surface area (Å²) in [5.41, 5.74) is 3.68. The first-order valence-corrected chi connectivity index (χ1v) is 7.99. The lowest BCUT2D eigenvalue weighted by atomic mass is 10.1. The van der Waals surface area contributed by atoms with E-state index < -0.39 is 11.1 Å². The van der Waals surface area contributed by atoms with E-state index in [0.29, 0.717) is 11.5 Å². The Hall–Kier alpha value is -1.97. The molecule has 2 aliphatic carbocycles. The molecular weight excluding hydrogens is 280 g/mol. The van der Waals surface area contributed by atoms with Crippen LogP contribution in [0.2, 0.25) is 0 Å². The van der Waals surface area contributed by atoms with Gasteiger partial charge in [0, 0.05) is 0 Å². The van der Waals surface area contributed by atoms with Crippen LogP contribution in [0.3, 0.4) is 0 Å². The Kier molecular flexibility index (Phi) is 4.43. The van der Waals surface area contributed by atoms with Crippen molar-refractivity contribution in [2.24, 2.45) is 0 Å². The second kappa shape index (κ2) is 6.66. The van der Waals surface area contributed by atoms with Crippen LogP contribution in [-0.4, -0.2) is 10.8 Å². The second-order valence-electron chi connectivity index (χ2n) is 4.76. The van der Waals surface area contributed by atoms with E-state index in [1.807, 2.05) is 48.5 Å². The minimum atomic E-state index is -1.39. The number of hydrogen-bond acceptors (Lipinski definition) is 2. The van der Waals surface area contributed by atoms with Gasteiger partial charge in [0.2, 0.25) is 0 Å². The molecule has 1 atom stereocenters. The summed E-state index contributed by atoms with van der Waals surface area (Å²) in [6, 6.07) is 23.8. The zero-order valence-electron chi connectivity index (χ0n) is 11.6. The van der Waals surface area contributed by atoms with Crippen molar-refractivity contribution in [2.75, 3.05) is 6.61 Å². The van der Waals surface area contributed by atoms with Gasteiger partial charge in [-0.15, -0.1) is 0 Å². The van der Waals surface area contributed by atoms with Gasteiger partial charge in [0.05, 0.1) is 11.5 Å². The number of benzene rings is 1. The van der Waals surface area contributed by atoms with E-state index in [0.717, 1.165) is 6.42 Å². The van der Waals surface area contributed by atoms with Crippen molar-refractivity contribution in [3.63, 3.8) is 0 Å². The molecule has 1 aromatic carbocycles. The van der Waals surface area contributed by atoms with E-state index in [-0.39, 0.29) is 0 Å². The predicted octanol–water partition coefficient (Wildman–Crippen LogP) is 4.07. The van der Waals surface area contributed by atoms with Gasteiger partial charge >= 0.3 is 0 Å². The van der Waals surface area contributed by atoms with Crippen LogP contribution < -0.4 is 0 Å². The molecule has 0 aliphatic heterocycles. The summed E-state index contributed by atoms with van der Waals surface area (Å²) in [6.07, 6.45) is 0.756. The van der Waals surface area contributed by atoms with Crippen molar-refractivity contribution in [3.8, 4) is 11.1 Å². The zero-order valence-corrected chi connectivity index (χ0v) is 12.4. The van der Waals surface area contributed by atoms with E-state index in [1.54, 1.807) is 0 Å². The standard InChI is InChI=1S/C18H16O2S/c19-21(17-8-4-2-5-9-17)20-14-13-16-12-11-15-7-3-1-6-10-18(15)16/h1-12H,13-14H2. The van der Waals surface area contributed by atoms with Gasteiger partial charge in [-0.1, -0.05) is 60.7 Å². The van der Waals surface area contributed by atoms with Crippen LogP contribution in [0.25, 0.3) is 11.1 Å². The lowest BCUT2D eigenvalue weighted by molar-refractivity contribution is 0.352. The van der Waals surface area contributed by atoms with Crippen LogP contribution in [-0.2, 0) is 21.7 Å². The van der Waals surface area contributed by atoms with Crippen molar-refractivity contribution < 1.29 is 8.39 Å². The smallest absolute Gasteiger partial charge is 0.189 e. The van der Waals surface area contributed by atoms with Crippen LogP contribution in [0.1, 0.15) is 5.56 Å². The lowest BCUT2D eigenvalue weighted by Crippen LogP contribution is -2.02. The third-order valence-electron chi connectivity index (χ3n) is 3.38. The summed E-state index contributed by atoms with van der Waals surface area (Å²) < 4.78 is 17.4. The quantitative estimate of drug-likeness (QED) is 0.709. The molecule has 0 saturated heterocycles. The monoisotopic (exact) mass is 296 g/mol. The van der Waals surface area contributed by atoms with E-state index in [4.69, 9.17) is 4.18 Å². The largest absolute Gasteiger partial charge is 0.286 e. The molecule has 3 heteroatoms. The molecule has 0 radical (unpaired) electrons. The highest BCUT2D eigenvalue weighted by Gasteiger charge is 2.09. The van der Waals surface area contributed by atoms with Crippen molar-refractivity contribution in [3.05, 3.63) is 78.4 Å². The average Bonchev–Trinajstić information content (AvgIpc) is 2.76. The molecule has 0 fully saturated rings. The summed E-state index contributed by atoms with van der Waals surface area (Å²) in [7, 11) is 0. The van der Waals surface area contributed by atoms with Gasteiger partial charge in [-0.2, -0.15) is 0 Å². The molecular formula is C18H16O2S. The first-order chi connectivity index (χ1) is 10.3. The molecule has 21 heavy (non-hydrogen) atoms. The predicted molar refractivity (Wildman–Crippen MR) is 85.6 cm³/mol. The van der Waals surface area contributed by atoms with Gasteiger partial charge < -0.3 is 0 Å². The van der Waals surface area contributed by atoms with Crippen LogP contribution in [0.15, 0.2) is 77.7 Å². The average molecular weight is 296 g/mol. The fraction of sp³-hybridized carbons (Fsp3) is 0.111. The van der Waals surface area contributed by atoms with E-state index >= 15 is 0 Å². The molecule has 0 aromatic heterocycles. The number of rotatable bonds is 5. The first-order valence-electron chi connectivity index (χ1n) is 6.91. The molecule has 1 unspecified atom stereocenters. The summed E-state index contributed by atoms with van der Waals surface area (Å²) >= 11 is -1.39. The lowest BCUT2D eigenvalue weighted by Gasteiger charge is -2.04. The van der Waals surface area contributed by atoms with Gasteiger partial charge in [-0.05, 0) is 35.2 Å². The summed E-state index contributed by atoms with van der Waals surface area (Å²) in [5, 5.41) is 0. The Balaban J connectivity index is 1.62. The Bertz CT molecular complexity index is 709. The maximum Gasteiger partial charge on any atom is 0.189 e. The van der Waals surface area contributed by atoms with Gasteiger partial charge in [-0.3, -0.25) is 4.18 Å². The van der Waals surface area contributed by atoms with Crippen molar-refractivity contribution in [2.45, 2.75) is 11.3 Å². The zero-order chi connectivity index (χ0) is 14.5. The fourth-order valence-electron chi connectivity index (χ4n) is 2.32. The number of hydrogen-bond donors (Lipinski definition) is 0. The van der Waals surface area contributed by atoms with Gasteiger partial charge in [0.25, 0.3) is 0 Å². The Morgan fingerprint density at radius 2 is 1.52 bits per heavy atom. The molecule has 0 amide bonds. The normalized spacial score (nSPS) is 12.4. The molecule has 106 valence electrons. The molecule has 0 saturated carbocycles. The van der Waals surface area contributed by atoms with Crippen molar-refractivity contribution in [1.82, 2.24) is 0 Å². The maximum atomic E-state index is 12.0. The minimum absolute atomic E-state index is 0.444. The molecule has 1 aromatic rings. The minimum Gasteiger partial charge on any atom is -0.286 e. The first kappa shape index (κ1) is 14.0. The fourth-order valence-corrected chi connectivity index (χ4v) is 3.07. The molecule has 3 rings (SSSR count). The molecule has 2 aliphatic rings. The third-order valence-corrected chi connectivity index (χ3v) is 4.42. The van der Waals surface area contributed by atoms with Crippen molar-refractivity contribution >= 4 is 11.1 Å². The maximum absolute atomic E-state index is 12.0. The SMILES string of the molecule is O=S(OCCc1ccc2cccccc1-2)c1ccccc1. The molecule has 0 bridgehead atoms. The van der Waals surface area contributed by atoms with Crippen molar-refractivity contribution in [1.29, 1.82) is 0 Å². The van der Waals surface area contributed by atoms with Crippen LogP contribution in [0, 0.1) is 0 Å². The summed E-state index contributed by atoms with van der Waals surface area (Å²) in [6.45, 7) is 0.444. The second-order valence-corrected chi connectivity index (χ2v) is 5.93. The van der Waals surface area contributed by atoms with Gasteiger partial charge in [0.15, 0.2) is 11.1 Å². The molecule has 0 spiro atoms.